The maximum absolute atomic E-state index is 8.41. The average molecular weight is 165 g/mol. The molecule has 0 bridgehead atoms. The SMILES string of the molecule is OCCNN=Cc1cccnc1. The summed E-state index contributed by atoms with van der Waals surface area (Å²) in [6.45, 7) is 0.557. The van der Waals surface area contributed by atoms with Crippen molar-refractivity contribution in [2.24, 2.45) is 5.10 Å². The molecule has 0 aliphatic heterocycles. The van der Waals surface area contributed by atoms with Crippen molar-refractivity contribution in [3.05, 3.63) is 30.1 Å². The molecule has 1 heterocycles. The number of rotatable bonds is 4. The molecule has 0 saturated heterocycles. The summed E-state index contributed by atoms with van der Waals surface area (Å²) in [6.07, 6.45) is 5.07. The Morgan fingerprint density at radius 2 is 2.58 bits per heavy atom. The number of hydrogen-bond donors (Lipinski definition) is 2. The molecule has 0 saturated carbocycles. The van der Waals surface area contributed by atoms with E-state index in [1.165, 1.54) is 0 Å². The molecule has 1 rings (SSSR count). The van der Waals surface area contributed by atoms with Gasteiger partial charge in [0.1, 0.15) is 0 Å². The topological polar surface area (TPSA) is 57.5 Å². The fourth-order valence-electron chi connectivity index (χ4n) is 0.687. The van der Waals surface area contributed by atoms with Crippen LogP contribution in [0.1, 0.15) is 5.56 Å². The Hall–Kier alpha value is -1.42. The Morgan fingerprint density at radius 3 is 3.25 bits per heavy atom. The van der Waals surface area contributed by atoms with Crippen LogP contribution >= 0.6 is 0 Å². The molecule has 0 atom stereocenters. The maximum atomic E-state index is 8.41. The summed E-state index contributed by atoms with van der Waals surface area (Å²) in [5.41, 5.74) is 3.61. The number of aliphatic hydroxyl groups excluding tert-OH is 1. The molecule has 0 aliphatic carbocycles. The van der Waals surface area contributed by atoms with Crippen LogP contribution in [-0.4, -0.2) is 29.5 Å². The van der Waals surface area contributed by atoms with Crippen LogP contribution in [0.2, 0.25) is 0 Å². The summed E-state index contributed by atoms with van der Waals surface area (Å²) in [5, 5.41) is 12.3. The van der Waals surface area contributed by atoms with Crippen molar-refractivity contribution in [3.63, 3.8) is 0 Å². The molecular formula is C8H11N3O. The van der Waals surface area contributed by atoms with Gasteiger partial charge in [0.05, 0.1) is 19.4 Å². The molecule has 4 heteroatoms. The molecule has 0 fully saturated rings. The predicted molar refractivity (Wildman–Crippen MR) is 46.9 cm³/mol. The van der Waals surface area contributed by atoms with E-state index in [4.69, 9.17) is 5.11 Å². The molecule has 0 aliphatic rings. The van der Waals surface area contributed by atoms with E-state index in [2.05, 4.69) is 15.5 Å². The lowest BCUT2D eigenvalue weighted by Crippen LogP contribution is -2.11. The van der Waals surface area contributed by atoms with E-state index >= 15 is 0 Å². The molecular weight excluding hydrogens is 154 g/mol. The van der Waals surface area contributed by atoms with E-state index in [-0.39, 0.29) is 6.61 Å². The summed E-state index contributed by atoms with van der Waals surface area (Å²) >= 11 is 0. The molecule has 0 radical (unpaired) electrons. The van der Waals surface area contributed by atoms with E-state index in [0.717, 1.165) is 5.56 Å². The highest BCUT2D eigenvalue weighted by molar-refractivity contribution is 5.78. The highest BCUT2D eigenvalue weighted by Crippen LogP contribution is 1.89. The van der Waals surface area contributed by atoms with Crippen LogP contribution in [0.4, 0.5) is 0 Å². The molecule has 0 unspecified atom stereocenters. The third-order valence-electron chi connectivity index (χ3n) is 1.21. The van der Waals surface area contributed by atoms with E-state index in [0.29, 0.717) is 6.54 Å². The Morgan fingerprint density at radius 1 is 1.67 bits per heavy atom. The first-order chi connectivity index (χ1) is 5.93. The second-order valence-electron chi connectivity index (χ2n) is 2.18. The second-order valence-corrected chi connectivity index (χ2v) is 2.18. The lowest BCUT2D eigenvalue weighted by atomic mass is 10.3. The first-order valence-corrected chi connectivity index (χ1v) is 3.70. The molecule has 1 aromatic rings. The van der Waals surface area contributed by atoms with E-state index < -0.39 is 0 Å². The molecule has 1 aromatic heterocycles. The summed E-state index contributed by atoms with van der Waals surface area (Å²) in [7, 11) is 0. The van der Waals surface area contributed by atoms with Gasteiger partial charge in [0.25, 0.3) is 0 Å². The molecule has 12 heavy (non-hydrogen) atoms. The van der Waals surface area contributed by atoms with Crippen LogP contribution in [0.3, 0.4) is 0 Å². The van der Waals surface area contributed by atoms with Gasteiger partial charge in [0.15, 0.2) is 0 Å². The Balaban J connectivity index is 2.36. The molecule has 64 valence electrons. The van der Waals surface area contributed by atoms with Gasteiger partial charge in [-0.15, -0.1) is 0 Å². The summed E-state index contributed by atoms with van der Waals surface area (Å²) in [6, 6.07) is 3.74. The van der Waals surface area contributed by atoms with Crippen molar-refractivity contribution in [1.29, 1.82) is 0 Å². The number of aromatic nitrogens is 1. The average Bonchev–Trinajstić information content (AvgIpc) is 2.14. The third kappa shape index (κ3) is 3.12. The van der Waals surface area contributed by atoms with E-state index in [1.54, 1.807) is 18.6 Å². The second kappa shape index (κ2) is 5.26. The van der Waals surface area contributed by atoms with Gasteiger partial charge in [-0.25, -0.2) is 0 Å². The Labute approximate surface area is 71.0 Å². The van der Waals surface area contributed by atoms with Gasteiger partial charge in [-0.2, -0.15) is 5.10 Å². The lowest BCUT2D eigenvalue weighted by Gasteiger charge is -1.93. The van der Waals surface area contributed by atoms with Crippen molar-refractivity contribution < 1.29 is 5.11 Å². The van der Waals surface area contributed by atoms with Crippen molar-refractivity contribution in [1.82, 2.24) is 10.4 Å². The highest BCUT2D eigenvalue weighted by Gasteiger charge is 1.82. The zero-order valence-corrected chi connectivity index (χ0v) is 6.64. The fraction of sp³-hybridized carbons (Fsp3) is 0.250. The summed E-state index contributed by atoms with van der Waals surface area (Å²) < 4.78 is 0. The van der Waals surface area contributed by atoms with Crippen LogP contribution in [0, 0.1) is 0 Å². The highest BCUT2D eigenvalue weighted by atomic mass is 16.3. The molecule has 4 nitrogen and oxygen atoms in total. The van der Waals surface area contributed by atoms with Crippen LogP contribution in [0.15, 0.2) is 29.6 Å². The van der Waals surface area contributed by atoms with Gasteiger partial charge in [-0.1, -0.05) is 6.07 Å². The number of aliphatic hydroxyl groups is 1. The predicted octanol–water partition coefficient (Wildman–Crippen LogP) is -0.00260. The number of hydrogen-bond acceptors (Lipinski definition) is 4. The van der Waals surface area contributed by atoms with Crippen LogP contribution in [0.5, 0.6) is 0 Å². The van der Waals surface area contributed by atoms with Gasteiger partial charge in [-0.05, 0) is 6.07 Å². The third-order valence-corrected chi connectivity index (χ3v) is 1.21. The van der Waals surface area contributed by atoms with E-state index in [1.807, 2.05) is 12.1 Å². The van der Waals surface area contributed by atoms with Gasteiger partial charge < -0.3 is 10.5 Å². The quantitative estimate of drug-likeness (QED) is 0.375. The molecule has 0 amide bonds. The normalized spacial score (nSPS) is 10.4. The smallest absolute Gasteiger partial charge is 0.0620 e. The first kappa shape index (κ1) is 8.67. The van der Waals surface area contributed by atoms with Crippen molar-refractivity contribution in [2.45, 2.75) is 0 Å². The summed E-state index contributed by atoms with van der Waals surface area (Å²) in [5.74, 6) is 0. The molecule has 0 spiro atoms. The minimum Gasteiger partial charge on any atom is -0.394 e. The molecule has 0 aromatic carbocycles. The summed E-state index contributed by atoms with van der Waals surface area (Å²) in [4.78, 5) is 3.92. The lowest BCUT2D eigenvalue weighted by molar-refractivity contribution is 0.294. The zero-order chi connectivity index (χ0) is 8.65. The van der Waals surface area contributed by atoms with E-state index in [9.17, 15) is 0 Å². The van der Waals surface area contributed by atoms with Crippen LogP contribution in [-0.2, 0) is 0 Å². The number of hydrazone groups is 1. The van der Waals surface area contributed by atoms with Gasteiger partial charge in [-0.3, -0.25) is 4.98 Å². The molecule has 2 N–H and O–H groups in total. The Kier molecular flexibility index (Phi) is 3.80. The van der Waals surface area contributed by atoms with Crippen LogP contribution in [0.25, 0.3) is 0 Å². The fourth-order valence-corrected chi connectivity index (χ4v) is 0.687. The van der Waals surface area contributed by atoms with Crippen molar-refractivity contribution >= 4 is 6.21 Å². The van der Waals surface area contributed by atoms with Gasteiger partial charge in [0.2, 0.25) is 0 Å². The van der Waals surface area contributed by atoms with Crippen LogP contribution < -0.4 is 5.43 Å². The largest absolute Gasteiger partial charge is 0.394 e. The number of nitrogens with zero attached hydrogens (tertiary/aromatic N) is 2. The zero-order valence-electron chi connectivity index (χ0n) is 6.64. The number of pyridine rings is 1. The standard InChI is InChI=1S/C8H11N3O/c12-5-4-10-11-7-8-2-1-3-9-6-8/h1-3,6-7,10,12H,4-5H2. The van der Waals surface area contributed by atoms with Gasteiger partial charge >= 0.3 is 0 Å². The number of nitrogens with one attached hydrogen (secondary N) is 1. The minimum atomic E-state index is 0.0877. The first-order valence-electron chi connectivity index (χ1n) is 3.70. The Bertz CT molecular complexity index is 235. The van der Waals surface area contributed by atoms with Crippen molar-refractivity contribution in [2.75, 3.05) is 13.2 Å². The minimum absolute atomic E-state index is 0.0877. The van der Waals surface area contributed by atoms with Gasteiger partial charge in [0, 0.05) is 18.0 Å². The van der Waals surface area contributed by atoms with Crippen molar-refractivity contribution in [3.8, 4) is 0 Å². The maximum Gasteiger partial charge on any atom is 0.0620 e. The monoisotopic (exact) mass is 165 g/mol.